The van der Waals surface area contributed by atoms with Crippen molar-refractivity contribution in [1.82, 2.24) is 25.3 Å². The maximum atomic E-state index is 13.3. The van der Waals surface area contributed by atoms with Gasteiger partial charge in [0.1, 0.15) is 18.1 Å². The molecule has 1 N–H and O–H groups in total. The van der Waals surface area contributed by atoms with Gasteiger partial charge in [0.2, 0.25) is 5.91 Å². The molecule has 1 fully saturated rings. The average molecular weight is 521 g/mol. The lowest BCUT2D eigenvalue weighted by molar-refractivity contribution is -0.131. The Morgan fingerprint density at radius 3 is 2.45 bits per heavy atom. The number of anilines is 1. The summed E-state index contributed by atoms with van der Waals surface area (Å²) in [6.07, 6.45) is 2.35. The Kier molecular flexibility index (Phi) is 8.50. The topological polar surface area (TPSA) is 104 Å². The van der Waals surface area contributed by atoms with Crippen LogP contribution in [0.1, 0.15) is 33.0 Å². The molecule has 1 aliphatic rings. The van der Waals surface area contributed by atoms with E-state index in [0.29, 0.717) is 25.4 Å². The van der Waals surface area contributed by atoms with Crippen LogP contribution in [0.3, 0.4) is 0 Å². The molecule has 38 heavy (non-hydrogen) atoms. The molecule has 0 bridgehead atoms. The van der Waals surface area contributed by atoms with Crippen molar-refractivity contribution in [3.05, 3.63) is 60.6 Å². The predicted molar refractivity (Wildman–Crippen MR) is 145 cm³/mol. The first-order valence-corrected chi connectivity index (χ1v) is 12.8. The number of amides is 3. The molecular weight excluding hydrogens is 484 g/mol. The van der Waals surface area contributed by atoms with E-state index in [-0.39, 0.29) is 25.0 Å². The zero-order valence-electron chi connectivity index (χ0n) is 22.5. The quantitative estimate of drug-likeness (QED) is 0.505. The lowest BCUT2D eigenvalue weighted by atomic mass is 10.1. The second-order valence-electron chi connectivity index (χ2n) is 10.3. The molecule has 3 aromatic rings. The van der Waals surface area contributed by atoms with Gasteiger partial charge in [-0.05, 0) is 75.7 Å². The summed E-state index contributed by atoms with van der Waals surface area (Å²) >= 11 is 0. The molecule has 0 radical (unpaired) electrons. The van der Waals surface area contributed by atoms with Crippen LogP contribution < -0.4 is 15.0 Å². The van der Waals surface area contributed by atoms with Crippen molar-refractivity contribution >= 4 is 17.8 Å². The molecule has 2 aromatic heterocycles. The van der Waals surface area contributed by atoms with Crippen LogP contribution in [0.25, 0.3) is 11.3 Å². The van der Waals surface area contributed by atoms with E-state index in [1.807, 2.05) is 62.1 Å². The van der Waals surface area contributed by atoms with E-state index in [9.17, 15) is 9.59 Å². The first kappa shape index (κ1) is 27.0. The number of benzene rings is 1. The van der Waals surface area contributed by atoms with Crippen LogP contribution in [-0.2, 0) is 11.3 Å². The SMILES string of the molecule is COc1ccc(-c2ccc(N3CCCN(C(=O)CN(Cc4ccco4)C(=O)NC(C)(C)C)CC3)nn2)cc1. The van der Waals surface area contributed by atoms with E-state index in [4.69, 9.17) is 9.15 Å². The predicted octanol–water partition coefficient (Wildman–Crippen LogP) is 3.79. The Hall–Kier alpha value is -4.08. The minimum Gasteiger partial charge on any atom is -0.497 e. The molecule has 4 rings (SSSR count). The Morgan fingerprint density at radius 1 is 1.03 bits per heavy atom. The number of nitrogens with zero attached hydrogens (tertiary/aromatic N) is 5. The number of hydrogen-bond acceptors (Lipinski definition) is 7. The van der Waals surface area contributed by atoms with Crippen LogP contribution in [0.15, 0.2) is 59.2 Å². The second-order valence-corrected chi connectivity index (χ2v) is 10.3. The summed E-state index contributed by atoms with van der Waals surface area (Å²) in [6, 6.07) is 14.9. The summed E-state index contributed by atoms with van der Waals surface area (Å²) in [5.74, 6) is 2.10. The van der Waals surface area contributed by atoms with Crippen molar-refractivity contribution in [1.29, 1.82) is 0 Å². The second kappa shape index (κ2) is 12.0. The van der Waals surface area contributed by atoms with Crippen LogP contribution >= 0.6 is 0 Å². The number of rotatable bonds is 7. The number of ether oxygens (including phenoxy) is 1. The van der Waals surface area contributed by atoms with E-state index in [1.165, 1.54) is 4.90 Å². The lowest BCUT2D eigenvalue weighted by Crippen LogP contribution is -2.51. The first-order valence-electron chi connectivity index (χ1n) is 12.8. The third-order valence-electron chi connectivity index (χ3n) is 6.23. The van der Waals surface area contributed by atoms with Gasteiger partial charge in [-0.3, -0.25) is 4.79 Å². The highest BCUT2D eigenvalue weighted by atomic mass is 16.5. The van der Waals surface area contributed by atoms with Crippen molar-refractivity contribution in [2.45, 2.75) is 39.3 Å². The van der Waals surface area contributed by atoms with Crippen molar-refractivity contribution in [2.24, 2.45) is 0 Å². The van der Waals surface area contributed by atoms with E-state index < -0.39 is 5.54 Å². The molecule has 1 saturated heterocycles. The van der Waals surface area contributed by atoms with E-state index in [0.717, 1.165) is 35.8 Å². The van der Waals surface area contributed by atoms with Gasteiger partial charge in [0.25, 0.3) is 0 Å². The molecule has 1 aliphatic heterocycles. The van der Waals surface area contributed by atoms with Gasteiger partial charge >= 0.3 is 6.03 Å². The van der Waals surface area contributed by atoms with Crippen LogP contribution in [0, 0.1) is 0 Å². The summed E-state index contributed by atoms with van der Waals surface area (Å²) in [7, 11) is 1.64. The third-order valence-corrected chi connectivity index (χ3v) is 6.23. The first-order chi connectivity index (χ1) is 18.2. The van der Waals surface area contributed by atoms with Crippen LogP contribution in [-0.4, -0.2) is 77.3 Å². The highest BCUT2D eigenvalue weighted by molar-refractivity contribution is 5.84. The fourth-order valence-corrected chi connectivity index (χ4v) is 4.26. The van der Waals surface area contributed by atoms with E-state index in [2.05, 4.69) is 20.4 Å². The fourth-order valence-electron chi connectivity index (χ4n) is 4.26. The minimum atomic E-state index is -0.422. The summed E-state index contributed by atoms with van der Waals surface area (Å²) in [5.41, 5.74) is 1.33. The number of furan rings is 1. The molecule has 1 aromatic carbocycles. The number of nitrogens with one attached hydrogen (secondary N) is 1. The monoisotopic (exact) mass is 520 g/mol. The van der Waals surface area contributed by atoms with E-state index >= 15 is 0 Å². The number of urea groups is 1. The number of carbonyl (C=O) groups excluding carboxylic acids is 2. The average Bonchev–Trinajstić information content (AvgIpc) is 3.29. The van der Waals surface area contributed by atoms with Crippen molar-refractivity contribution < 1.29 is 18.7 Å². The van der Waals surface area contributed by atoms with Crippen molar-refractivity contribution in [3.63, 3.8) is 0 Å². The normalized spacial score (nSPS) is 14.1. The van der Waals surface area contributed by atoms with Crippen LogP contribution in [0.2, 0.25) is 0 Å². The highest BCUT2D eigenvalue weighted by Crippen LogP contribution is 2.22. The van der Waals surface area contributed by atoms with Gasteiger partial charge in [-0.2, -0.15) is 0 Å². The van der Waals surface area contributed by atoms with Gasteiger partial charge < -0.3 is 29.2 Å². The Labute approximate surface area is 223 Å². The molecule has 10 nitrogen and oxygen atoms in total. The largest absolute Gasteiger partial charge is 0.497 e. The Bertz CT molecular complexity index is 1190. The maximum absolute atomic E-state index is 13.3. The zero-order valence-corrected chi connectivity index (χ0v) is 22.5. The number of hydrogen-bond donors (Lipinski definition) is 1. The summed E-state index contributed by atoms with van der Waals surface area (Å²) in [6.45, 7) is 8.47. The molecular formula is C28H36N6O4. The van der Waals surface area contributed by atoms with Crippen LogP contribution in [0.5, 0.6) is 5.75 Å². The van der Waals surface area contributed by atoms with Crippen molar-refractivity contribution in [2.75, 3.05) is 44.7 Å². The molecule has 3 heterocycles. The number of carbonyl (C=O) groups is 2. The molecule has 0 atom stereocenters. The summed E-state index contributed by atoms with van der Waals surface area (Å²) in [5, 5.41) is 11.8. The maximum Gasteiger partial charge on any atom is 0.318 e. The molecule has 3 amide bonds. The molecule has 0 spiro atoms. The van der Waals surface area contributed by atoms with Gasteiger partial charge in [0, 0.05) is 37.3 Å². The van der Waals surface area contributed by atoms with Gasteiger partial charge in [-0.25, -0.2) is 4.79 Å². The van der Waals surface area contributed by atoms with Gasteiger partial charge in [-0.15, -0.1) is 10.2 Å². The molecule has 202 valence electrons. The number of methoxy groups -OCH3 is 1. The van der Waals surface area contributed by atoms with Gasteiger partial charge in [0.05, 0.1) is 25.6 Å². The Balaban J connectivity index is 1.37. The summed E-state index contributed by atoms with van der Waals surface area (Å²) < 4.78 is 10.6. The van der Waals surface area contributed by atoms with Crippen LogP contribution in [0.4, 0.5) is 10.6 Å². The van der Waals surface area contributed by atoms with E-state index in [1.54, 1.807) is 25.5 Å². The Morgan fingerprint density at radius 2 is 1.82 bits per heavy atom. The fraction of sp³-hybridized carbons (Fsp3) is 0.429. The van der Waals surface area contributed by atoms with Crippen molar-refractivity contribution in [3.8, 4) is 17.0 Å². The van der Waals surface area contributed by atoms with Gasteiger partial charge in [0.15, 0.2) is 5.82 Å². The standard InChI is InChI=1S/C28H36N6O4/c1-28(2,3)29-27(36)34(19-23-7-5-18-38-23)20-26(35)33-15-6-14-32(16-17-33)25-13-12-24(30-31-25)21-8-10-22(37-4)11-9-21/h5,7-13,18H,6,14-17,19-20H2,1-4H3,(H,29,36). The smallest absolute Gasteiger partial charge is 0.318 e. The number of aromatic nitrogens is 2. The third kappa shape index (κ3) is 7.24. The minimum absolute atomic E-state index is 0.0288. The zero-order chi connectivity index (χ0) is 27.1. The molecule has 10 heteroatoms. The van der Waals surface area contributed by atoms with Gasteiger partial charge in [-0.1, -0.05) is 0 Å². The summed E-state index contributed by atoms with van der Waals surface area (Å²) in [4.78, 5) is 31.7. The lowest BCUT2D eigenvalue weighted by Gasteiger charge is -2.29. The molecule has 0 unspecified atom stereocenters. The molecule has 0 aliphatic carbocycles. The molecule has 0 saturated carbocycles. The highest BCUT2D eigenvalue weighted by Gasteiger charge is 2.26.